The lowest BCUT2D eigenvalue weighted by Gasteiger charge is -2.33. The summed E-state index contributed by atoms with van der Waals surface area (Å²) in [6, 6.07) is 38.7. The molecule has 2 nitrogen and oxygen atoms in total. The van der Waals surface area contributed by atoms with E-state index in [4.69, 9.17) is 0 Å². The molecule has 0 aliphatic heterocycles. The molecule has 0 heterocycles. The van der Waals surface area contributed by atoms with Gasteiger partial charge in [0.1, 0.15) is 0 Å². The number of anilines is 4. The van der Waals surface area contributed by atoms with E-state index in [1.165, 1.54) is 39.4 Å². The van der Waals surface area contributed by atoms with Crippen molar-refractivity contribution in [2.45, 2.75) is 91.6 Å². The van der Waals surface area contributed by atoms with Crippen LogP contribution in [0.2, 0.25) is 0 Å². The quantitative estimate of drug-likeness (QED) is 0.223. The first kappa shape index (κ1) is 29.5. The SMILES string of the molecule is CC(C)N(c1ccccc1)c1cccc(CC(C)N(c2ccc(C(C)(C)C)cc2)c2ccc(C(C)(C)C)cc2)c1. The molecule has 40 heavy (non-hydrogen) atoms. The van der Waals surface area contributed by atoms with Crippen LogP contribution in [0.15, 0.2) is 103 Å². The fourth-order valence-corrected chi connectivity index (χ4v) is 5.50. The van der Waals surface area contributed by atoms with Crippen molar-refractivity contribution in [3.8, 4) is 0 Å². The van der Waals surface area contributed by atoms with Crippen LogP contribution in [0, 0.1) is 0 Å². The lowest BCUT2D eigenvalue weighted by Crippen LogP contribution is -2.31. The number of rotatable bonds is 8. The maximum Gasteiger partial charge on any atom is 0.0415 e. The van der Waals surface area contributed by atoms with Crippen LogP contribution < -0.4 is 9.80 Å². The summed E-state index contributed by atoms with van der Waals surface area (Å²) in [5, 5.41) is 0. The summed E-state index contributed by atoms with van der Waals surface area (Å²) in [6.07, 6.45) is 0.941. The number of hydrogen-bond acceptors (Lipinski definition) is 2. The van der Waals surface area contributed by atoms with Crippen LogP contribution in [0.3, 0.4) is 0 Å². The van der Waals surface area contributed by atoms with Crippen molar-refractivity contribution >= 4 is 22.7 Å². The minimum absolute atomic E-state index is 0.130. The molecule has 0 amide bonds. The first-order valence-electron chi connectivity index (χ1n) is 14.8. The molecule has 4 aromatic carbocycles. The summed E-state index contributed by atoms with van der Waals surface area (Å²) < 4.78 is 0. The number of para-hydroxylation sites is 1. The molecule has 0 aliphatic carbocycles. The monoisotopic (exact) mass is 532 g/mol. The smallest absolute Gasteiger partial charge is 0.0415 e. The standard InChI is InChI=1S/C38H48N2/c1-28(2)39(33-15-11-10-12-16-33)36-17-13-14-30(27-36)26-29(3)40(34-22-18-31(19-23-34)37(4,5)6)35-24-20-32(21-25-35)38(7,8)9/h10-25,27-29H,26H2,1-9H3. The van der Waals surface area contributed by atoms with Gasteiger partial charge in [0, 0.05) is 34.8 Å². The Morgan fingerprint density at radius 3 is 1.40 bits per heavy atom. The molecule has 0 saturated carbocycles. The molecule has 0 radical (unpaired) electrons. The molecule has 1 unspecified atom stereocenters. The molecular weight excluding hydrogens is 484 g/mol. The normalized spacial score (nSPS) is 12.8. The van der Waals surface area contributed by atoms with Gasteiger partial charge in [0.15, 0.2) is 0 Å². The van der Waals surface area contributed by atoms with Gasteiger partial charge in [0.2, 0.25) is 0 Å². The second-order valence-electron chi connectivity index (χ2n) is 13.5. The average Bonchev–Trinajstić information content (AvgIpc) is 2.89. The minimum Gasteiger partial charge on any atom is -0.339 e. The van der Waals surface area contributed by atoms with Gasteiger partial charge in [-0.2, -0.15) is 0 Å². The lowest BCUT2D eigenvalue weighted by molar-refractivity contribution is 0.590. The summed E-state index contributed by atoms with van der Waals surface area (Å²) in [6.45, 7) is 20.5. The first-order valence-corrected chi connectivity index (χ1v) is 14.8. The summed E-state index contributed by atoms with van der Waals surface area (Å²) in [7, 11) is 0. The van der Waals surface area contributed by atoms with Crippen LogP contribution in [0.25, 0.3) is 0 Å². The van der Waals surface area contributed by atoms with Gasteiger partial charge in [-0.15, -0.1) is 0 Å². The van der Waals surface area contributed by atoms with E-state index in [-0.39, 0.29) is 16.9 Å². The zero-order chi connectivity index (χ0) is 29.1. The van der Waals surface area contributed by atoms with E-state index in [2.05, 4.69) is 175 Å². The number of hydrogen-bond donors (Lipinski definition) is 0. The van der Waals surface area contributed by atoms with Crippen LogP contribution in [0.5, 0.6) is 0 Å². The summed E-state index contributed by atoms with van der Waals surface area (Å²) in [4.78, 5) is 4.92. The Balaban J connectivity index is 1.68. The summed E-state index contributed by atoms with van der Waals surface area (Å²) in [5.74, 6) is 0. The van der Waals surface area contributed by atoms with Crippen molar-refractivity contribution in [1.29, 1.82) is 0 Å². The van der Waals surface area contributed by atoms with E-state index in [0.717, 1.165) is 6.42 Å². The van der Waals surface area contributed by atoms with Gasteiger partial charge in [-0.05, 0) is 103 Å². The van der Waals surface area contributed by atoms with Gasteiger partial charge in [-0.25, -0.2) is 0 Å². The predicted octanol–water partition coefficient (Wildman–Crippen LogP) is 10.6. The highest BCUT2D eigenvalue weighted by Gasteiger charge is 2.21. The second kappa shape index (κ2) is 11.9. The van der Waals surface area contributed by atoms with Gasteiger partial charge >= 0.3 is 0 Å². The molecule has 210 valence electrons. The van der Waals surface area contributed by atoms with E-state index in [1.54, 1.807) is 0 Å². The molecule has 0 fully saturated rings. The maximum atomic E-state index is 2.50. The topological polar surface area (TPSA) is 6.48 Å². The highest BCUT2D eigenvalue weighted by Crippen LogP contribution is 2.34. The predicted molar refractivity (Wildman–Crippen MR) is 176 cm³/mol. The molecular formula is C38H48N2. The lowest BCUT2D eigenvalue weighted by atomic mass is 9.86. The Labute approximate surface area is 243 Å². The van der Waals surface area contributed by atoms with Gasteiger partial charge in [-0.1, -0.05) is 96.1 Å². The first-order chi connectivity index (χ1) is 18.8. The van der Waals surface area contributed by atoms with Gasteiger partial charge in [0.05, 0.1) is 0 Å². The summed E-state index contributed by atoms with van der Waals surface area (Å²) in [5.41, 5.74) is 9.23. The molecule has 2 heteroatoms. The van der Waals surface area contributed by atoms with Crippen molar-refractivity contribution in [2.24, 2.45) is 0 Å². The Bertz CT molecular complexity index is 1300. The largest absolute Gasteiger partial charge is 0.339 e. The second-order valence-corrected chi connectivity index (χ2v) is 13.5. The van der Waals surface area contributed by atoms with Gasteiger partial charge < -0.3 is 9.80 Å². The van der Waals surface area contributed by atoms with Crippen LogP contribution in [-0.2, 0) is 17.3 Å². The van der Waals surface area contributed by atoms with E-state index in [9.17, 15) is 0 Å². The molecule has 1 atom stereocenters. The number of benzene rings is 4. The van der Waals surface area contributed by atoms with E-state index >= 15 is 0 Å². The molecule has 0 aliphatic rings. The Hall–Kier alpha value is -3.52. The molecule has 4 rings (SSSR count). The minimum atomic E-state index is 0.130. The highest BCUT2D eigenvalue weighted by molar-refractivity contribution is 5.67. The van der Waals surface area contributed by atoms with Crippen molar-refractivity contribution in [2.75, 3.05) is 9.80 Å². The summed E-state index contributed by atoms with van der Waals surface area (Å²) >= 11 is 0. The van der Waals surface area contributed by atoms with Gasteiger partial charge in [-0.3, -0.25) is 0 Å². The Morgan fingerprint density at radius 2 is 0.950 bits per heavy atom. The van der Waals surface area contributed by atoms with Crippen LogP contribution >= 0.6 is 0 Å². The number of nitrogens with zero attached hydrogens (tertiary/aromatic N) is 2. The van der Waals surface area contributed by atoms with E-state index < -0.39 is 0 Å². The van der Waals surface area contributed by atoms with E-state index in [0.29, 0.717) is 6.04 Å². The van der Waals surface area contributed by atoms with Crippen LogP contribution in [0.4, 0.5) is 22.7 Å². The average molecular weight is 533 g/mol. The molecule has 4 aromatic rings. The molecule has 0 spiro atoms. The zero-order valence-corrected chi connectivity index (χ0v) is 26.1. The molecule has 0 saturated heterocycles. The van der Waals surface area contributed by atoms with Crippen LogP contribution in [-0.4, -0.2) is 12.1 Å². The Morgan fingerprint density at radius 1 is 0.500 bits per heavy atom. The third-order valence-electron chi connectivity index (χ3n) is 7.73. The third kappa shape index (κ3) is 6.97. The van der Waals surface area contributed by atoms with Crippen molar-refractivity contribution < 1.29 is 0 Å². The molecule has 0 aromatic heterocycles. The highest BCUT2D eigenvalue weighted by atomic mass is 15.2. The van der Waals surface area contributed by atoms with Crippen molar-refractivity contribution in [1.82, 2.24) is 0 Å². The third-order valence-corrected chi connectivity index (χ3v) is 7.73. The fraction of sp³-hybridized carbons (Fsp3) is 0.368. The molecule has 0 bridgehead atoms. The van der Waals surface area contributed by atoms with E-state index in [1.807, 2.05) is 0 Å². The van der Waals surface area contributed by atoms with Crippen molar-refractivity contribution in [3.63, 3.8) is 0 Å². The van der Waals surface area contributed by atoms with Gasteiger partial charge in [0.25, 0.3) is 0 Å². The fourth-order valence-electron chi connectivity index (χ4n) is 5.50. The van der Waals surface area contributed by atoms with Crippen molar-refractivity contribution in [3.05, 3.63) is 120 Å². The Kier molecular flexibility index (Phi) is 8.78. The van der Waals surface area contributed by atoms with Crippen LogP contribution in [0.1, 0.15) is 79.0 Å². The maximum absolute atomic E-state index is 2.50. The molecule has 0 N–H and O–H groups in total. The zero-order valence-electron chi connectivity index (χ0n) is 26.1.